The molecule has 0 heterocycles. The smallest absolute Gasteiger partial charge is 0.550 e. The van der Waals surface area contributed by atoms with Gasteiger partial charge in [-0.1, -0.05) is 6.92 Å². The van der Waals surface area contributed by atoms with Crippen LogP contribution in [0.25, 0.3) is 0 Å². The molecule has 3 nitrogen and oxygen atoms in total. The Bertz CT molecular complexity index is 102. The molecule has 46 valence electrons. The number of aldehydes is 1. The molecule has 0 bridgehead atoms. The van der Waals surface area contributed by atoms with Gasteiger partial charge in [0.25, 0.3) is 0 Å². The van der Waals surface area contributed by atoms with Crippen molar-refractivity contribution in [2.75, 3.05) is 0 Å². The monoisotopic (exact) mass is 154 g/mol. The van der Waals surface area contributed by atoms with Crippen LogP contribution >= 0.6 is 0 Å². The number of carboxylic acids is 1. The molecule has 0 aromatic carbocycles. The van der Waals surface area contributed by atoms with Gasteiger partial charge in [0.2, 0.25) is 0 Å². The van der Waals surface area contributed by atoms with Crippen molar-refractivity contribution in [2.24, 2.45) is 5.92 Å². The predicted octanol–water partition coefficient (Wildman–Crippen LogP) is -4.03. The van der Waals surface area contributed by atoms with Crippen LogP contribution in [0, 0.1) is 5.92 Å². The molecular weight excluding hydrogens is 147 g/mol. The van der Waals surface area contributed by atoms with Crippen molar-refractivity contribution in [2.45, 2.75) is 13.3 Å². The number of hydrogen-bond acceptors (Lipinski definition) is 3. The molecule has 0 saturated heterocycles. The van der Waals surface area contributed by atoms with Crippen molar-refractivity contribution < 1.29 is 66.1 Å². The Kier molecular flexibility index (Phi) is 9.53. The molecule has 0 aromatic heterocycles. The number of hydrogen-bond donors (Lipinski definition) is 0. The molecule has 0 spiro atoms. The quantitative estimate of drug-likeness (QED) is 0.307. The van der Waals surface area contributed by atoms with Gasteiger partial charge in [-0.2, -0.15) is 0 Å². The molecule has 0 aliphatic rings. The molecule has 9 heavy (non-hydrogen) atoms. The van der Waals surface area contributed by atoms with Crippen LogP contribution in [-0.2, 0) is 9.59 Å². The van der Waals surface area contributed by atoms with Gasteiger partial charge >= 0.3 is 51.4 Å². The summed E-state index contributed by atoms with van der Waals surface area (Å²) in [6, 6.07) is 0. The average molecular weight is 154 g/mol. The van der Waals surface area contributed by atoms with Crippen LogP contribution in [-0.4, -0.2) is 12.3 Å². The molecule has 0 N–H and O–H groups in total. The first-order valence-corrected chi connectivity index (χ1v) is 2.32. The SMILES string of the molecule is CC(C=O)CC(=O)[O-].[K+]. The van der Waals surface area contributed by atoms with Crippen molar-refractivity contribution in [3.05, 3.63) is 0 Å². The Morgan fingerprint density at radius 1 is 1.78 bits per heavy atom. The second-order valence-corrected chi connectivity index (χ2v) is 1.69. The van der Waals surface area contributed by atoms with Gasteiger partial charge in [-0.3, -0.25) is 0 Å². The summed E-state index contributed by atoms with van der Waals surface area (Å²) in [4.78, 5) is 19.4. The molecule has 0 aromatic rings. The van der Waals surface area contributed by atoms with Gasteiger partial charge in [0.05, 0.1) is 0 Å². The van der Waals surface area contributed by atoms with E-state index in [-0.39, 0.29) is 57.8 Å². The van der Waals surface area contributed by atoms with E-state index in [0.717, 1.165) is 0 Å². The Labute approximate surface area is 96.2 Å². The number of aliphatic carboxylic acids is 1. The van der Waals surface area contributed by atoms with Crippen LogP contribution < -0.4 is 56.5 Å². The van der Waals surface area contributed by atoms with Crippen LogP contribution in [0.2, 0.25) is 0 Å². The van der Waals surface area contributed by atoms with E-state index >= 15 is 0 Å². The fraction of sp³-hybridized carbons (Fsp3) is 0.600. The van der Waals surface area contributed by atoms with Gasteiger partial charge in [0, 0.05) is 11.9 Å². The molecule has 1 atom stereocenters. The Hall–Kier alpha value is 0.776. The van der Waals surface area contributed by atoms with Gasteiger partial charge < -0.3 is 14.7 Å². The van der Waals surface area contributed by atoms with Crippen LogP contribution in [0.15, 0.2) is 0 Å². The Morgan fingerprint density at radius 2 is 2.22 bits per heavy atom. The fourth-order valence-electron chi connectivity index (χ4n) is 0.311. The third-order valence-corrected chi connectivity index (χ3v) is 0.721. The van der Waals surface area contributed by atoms with Crippen molar-refractivity contribution in [1.82, 2.24) is 0 Å². The van der Waals surface area contributed by atoms with Gasteiger partial charge in [-0.15, -0.1) is 0 Å². The molecule has 0 fully saturated rings. The molecule has 0 aliphatic carbocycles. The number of rotatable bonds is 3. The average Bonchev–Trinajstić information content (AvgIpc) is 1.65. The van der Waals surface area contributed by atoms with E-state index in [2.05, 4.69) is 0 Å². The maximum Gasteiger partial charge on any atom is 1.00 e. The maximum absolute atomic E-state index is 9.75. The van der Waals surface area contributed by atoms with Gasteiger partial charge in [-0.05, 0) is 6.42 Å². The minimum Gasteiger partial charge on any atom is -0.550 e. The summed E-state index contributed by atoms with van der Waals surface area (Å²) < 4.78 is 0. The van der Waals surface area contributed by atoms with Gasteiger partial charge in [0.1, 0.15) is 6.29 Å². The molecule has 4 heteroatoms. The standard InChI is InChI=1S/C5H8O3.K/c1-4(3-6)2-5(7)8;/h3-4H,2H2,1H3,(H,7,8);/q;+1/p-1. The largest absolute Gasteiger partial charge is 1.00 e. The molecule has 0 amide bonds. The predicted molar refractivity (Wildman–Crippen MR) is 24.9 cm³/mol. The van der Waals surface area contributed by atoms with Crippen molar-refractivity contribution in [3.8, 4) is 0 Å². The summed E-state index contributed by atoms with van der Waals surface area (Å²) in [6.45, 7) is 1.53. The van der Waals surface area contributed by atoms with E-state index in [1.165, 1.54) is 6.92 Å². The summed E-state index contributed by atoms with van der Waals surface area (Å²) >= 11 is 0. The topological polar surface area (TPSA) is 57.2 Å². The van der Waals surface area contributed by atoms with E-state index in [0.29, 0.717) is 6.29 Å². The van der Waals surface area contributed by atoms with E-state index in [1.807, 2.05) is 0 Å². The summed E-state index contributed by atoms with van der Waals surface area (Å²) in [5.74, 6) is -1.59. The molecule has 0 radical (unpaired) electrons. The number of carboxylic acid groups (broad SMARTS) is 1. The van der Waals surface area contributed by atoms with Crippen LogP contribution in [0.1, 0.15) is 13.3 Å². The number of carbonyl (C=O) groups is 2. The zero-order chi connectivity index (χ0) is 6.57. The summed E-state index contributed by atoms with van der Waals surface area (Å²) in [6.07, 6.45) is 0.416. The first-order valence-electron chi connectivity index (χ1n) is 2.32. The normalized spacial score (nSPS) is 11.2. The zero-order valence-electron chi connectivity index (χ0n) is 5.59. The second-order valence-electron chi connectivity index (χ2n) is 1.69. The van der Waals surface area contributed by atoms with Crippen molar-refractivity contribution in [1.29, 1.82) is 0 Å². The third-order valence-electron chi connectivity index (χ3n) is 0.721. The van der Waals surface area contributed by atoms with E-state index in [9.17, 15) is 14.7 Å². The van der Waals surface area contributed by atoms with Crippen LogP contribution in [0.3, 0.4) is 0 Å². The first kappa shape index (κ1) is 12.5. The third kappa shape index (κ3) is 8.78. The minimum atomic E-state index is -1.18. The van der Waals surface area contributed by atoms with Gasteiger partial charge in [0.15, 0.2) is 0 Å². The van der Waals surface area contributed by atoms with Crippen LogP contribution in [0.4, 0.5) is 0 Å². The van der Waals surface area contributed by atoms with Crippen molar-refractivity contribution >= 4 is 12.3 Å². The Balaban J connectivity index is 0. The summed E-state index contributed by atoms with van der Waals surface area (Å²) in [5.41, 5.74) is 0. The second kappa shape index (κ2) is 6.89. The zero-order valence-corrected chi connectivity index (χ0v) is 8.71. The molecule has 1 unspecified atom stereocenters. The Morgan fingerprint density at radius 3 is 2.33 bits per heavy atom. The molecule has 0 aliphatic heterocycles. The fourth-order valence-corrected chi connectivity index (χ4v) is 0.311. The van der Waals surface area contributed by atoms with E-state index in [4.69, 9.17) is 0 Å². The summed E-state index contributed by atoms with van der Waals surface area (Å²) in [5, 5.41) is 9.70. The van der Waals surface area contributed by atoms with Crippen LogP contribution in [0.5, 0.6) is 0 Å². The first-order chi connectivity index (χ1) is 3.66. The van der Waals surface area contributed by atoms with Gasteiger partial charge in [-0.25, -0.2) is 0 Å². The van der Waals surface area contributed by atoms with Crippen molar-refractivity contribution in [3.63, 3.8) is 0 Å². The number of carbonyl (C=O) groups excluding carboxylic acids is 2. The molecule has 0 saturated carbocycles. The minimum absolute atomic E-state index is 0. The molecule has 0 rings (SSSR count). The van der Waals surface area contributed by atoms with E-state index < -0.39 is 11.9 Å². The maximum atomic E-state index is 9.75. The summed E-state index contributed by atoms with van der Waals surface area (Å²) in [7, 11) is 0. The molecular formula is C5H7KO3. The van der Waals surface area contributed by atoms with E-state index in [1.54, 1.807) is 0 Å².